The Morgan fingerprint density at radius 2 is 1.18 bits per heavy atom. The van der Waals surface area contributed by atoms with E-state index >= 15 is 0 Å². The fourth-order valence-electron chi connectivity index (χ4n) is 5.02. The molecule has 2 aliphatic rings. The van der Waals surface area contributed by atoms with Gasteiger partial charge in [-0.15, -0.1) is 0 Å². The largest absolute Gasteiger partial charge is 0.366 e. The lowest BCUT2D eigenvalue weighted by molar-refractivity contribution is -0.252. The lowest BCUT2D eigenvalue weighted by Crippen LogP contribution is -2.47. The highest BCUT2D eigenvalue weighted by Crippen LogP contribution is 2.46. The van der Waals surface area contributed by atoms with E-state index in [-0.39, 0.29) is 6.61 Å². The topological polar surface area (TPSA) is 57.2 Å². The molecular weight excluding hydrogens is 416 g/mol. The van der Waals surface area contributed by atoms with Gasteiger partial charge in [0.25, 0.3) is 0 Å². The van der Waals surface area contributed by atoms with Crippen LogP contribution < -0.4 is 0 Å². The Bertz CT molecular complexity index is 973. The van der Waals surface area contributed by atoms with Crippen molar-refractivity contribution in [3.8, 4) is 0 Å². The van der Waals surface area contributed by atoms with Crippen LogP contribution in [0.3, 0.4) is 0 Å². The van der Waals surface area contributed by atoms with Gasteiger partial charge in [0.1, 0.15) is 23.4 Å². The fraction of sp³-hybridized carbons (Fsp3) is 0.357. The average molecular weight is 447 g/mol. The molecule has 3 aromatic rings. The van der Waals surface area contributed by atoms with Gasteiger partial charge in [-0.1, -0.05) is 91.0 Å². The second-order valence-corrected chi connectivity index (χ2v) is 9.41. The Kier molecular flexibility index (Phi) is 5.63. The summed E-state index contributed by atoms with van der Waals surface area (Å²) in [4.78, 5) is 0. The van der Waals surface area contributed by atoms with Crippen molar-refractivity contribution in [1.29, 1.82) is 0 Å². The zero-order valence-electron chi connectivity index (χ0n) is 19.2. The third-order valence-corrected chi connectivity index (χ3v) is 6.52. The van der Waals surface area contributed by atoms with Gasteiger partial charge in [0.15, 0.2) is 12.1 Å². The molecule has 0 aliphatic carbocycles. The van der Waals surface area contributed by atoms with Crippen molar-refractivity contribution < 1.29 is 24.1 Å². The van der Waals surface area contributed by atoms with E-state index in [9.17, 15) is 5.11 Å². The summed E-state index contributed by atoms with van der Waals surface area (Å²) in [7, 11) is 0. The molecule has 5 heteroatoms. The van der Waals surface area contributed by atoms with Crippen LogP contribution in [0.15, 0.2) is 91.0 Å². The Balaban J connectivity index is 1.59. The van der Waals surface area contributed by atoms with E-state index in [1.54, 1.807) is 0 Å². The van der Waals surface area contributed by atoms with E-state index in [2.05, 4.69) is 36.4 Å². The molecule has 2 fully saturated rings. The van der Waals surface area contributed by atoms with Crippen LogP contribution >= 0.6 is 0 Å². The summed E-state index contributed by atoms with van der Waals surface area (Å²) in [6.07, 6.45) is -2.10. The molecule has 0 spiro atoms. The number of hydrogen-bond acceptors (Lipinski definition) is 5. The Labute approximate surface area is 194 Å². The van der Waals surface area contributed by atoms with Gasteiger partial charge in [0, 0.05) is 0 Å². The Hall–Kier alpha value is -2.54. The molecule has 0 saturated carbocycles. The Morgan fingerprint density at radius 3 is 1.64 bits per heavy atom. The van der Waals surface area contributed by atoms with Gasteiger partial charge in [-0.2, -0.15) is 0 Å². The van der Waals surface area contributed by atoms with Crippen molar-refractivity contribution in [1.82, 2.24) is 0 Å². The first-order valence-corrected chi connectivity index (χ1v) is 11.4. The number of rotatable bonds is 6. The van der Waals surface area contributed by atoms with Crippen molar-refractivity contribution in [3.63, 3.8) is 0 Å². The van der Waals surface area contributed by atoms with Crippen molar-refractivity contribution in [2.75, 3.05) is 6.61 Å². The lowest BCUT2D eigenvalue weighted by atomic mass is 9.80. The second kappa shape index (κ2) is 8.35. The third kappa shape index (κ3) is 3.90. The smallest absolute Gasteiger partial charge is 0.184 e. The summed E-state index contributed by atoms with van der Waals surface area (Å²) in [5.74, 6) is -0.795. The van der Waals surface area contributed by atoms with Crippen LogP contribution in [0.5, 0.6) is 0 Å². The highest BCUT2D eigenvalue weighted by Gasteiger charge is 2.61. The maximum Gasteiger partial charge on any atom is 0.184 e. The number of benzene rings is 3. The standard InChI is InChI=1S/C28H30O5/c1-26(2)31-23-24(32-26)27(3,33-25(23)29)19-30-28(20-13-7-4-8-14-20,21-15-9-5-10-16-21)22-17-11-6-12-18-22/h4-18,23-25,29H,19H2,1-3H3/t23-,24+,25?,27-/m1/s1. The molecule has 1 N–H and O–H groups in total. The minimum atomic E-state index is -1.08. The molecule has 1 unspecified atom stereocenters. The van der Waals surface area contributed by atoms with Crippen LogP contribution in [0.4, 0.5) is 0 Å². The SMILES string of the molecule is CC1(C)O[C@H]2C(O)O[C@](C)(COC(c3ccccc3)(c3ccccc3)c3ccccc3)[C@H]2O1. The molecule has 0 radical (unpaired) electrons. The normalized spacial score (nSPS) is 28.5. The first-order valence-electron chi connectivity index (χ1n) is 11.4. The monoisotopic (exact) mass is 446 g/mol. The molecule has 33 heavy (non-hydrogen) atoms. The minimum Gasteiger partial charge on any atom is -0.366 e. The summed E-state index contributed by atoms with van der Waals surface area (Å²) in [6, 6.07) is 30.6. The molecule has 2 heterocycles. The summed E-state index contributed by atoms with van der Waals surface area (Å²) >= 11 is 0. The van der Waals surface area contributed by atoms with E-state index in [1.165, 1.54) is 0 Å². The van der Waals surface area contributed by atoms with Gasteiger partial charge >= 0.3 is 0 Å². The summed E-state index contributed by atoms with van der Waals surface area (Å²) in [5.41, 5.74) is 1.23. The van der Waals surface area contributed by atoms with Crippen molar-refractivity contribution in [3.05, 3.63) is 108 Å². The number of hydrogen-bond donors (Lipinski definition) is 1. The van der Waals surface area contributed by atoms with Crippen LogP contribution in [0.1, 0.15) is 37.5 Å². The van der Waals surface area contributed by atoms with Crippen molar-refractivity contribution >= 4 is 0 Å². The first-order chi connectivity index (χ1) is 15.8. The molecule has 3 aromatic carbocycles. The summed E-state index contributed by atoms with van der Waals surface area (Å²) < 4.78 is 25.0. The zero-order valence-corrected chi connectivity index (χ0v) is 19.2. The molecule has 0 aromatic heterocycles. The van der Waals surface area contributed by atoms with Crippen LogP contribution in [0.25, 0.3) is 0 Å². The maximum atomic E-state index is 10.6. The lowest BCUT2D eigenvalue weighted by Gasteiger charge is -2.39. The molecule has 5 rings (SSSR count). The number of fused-ring (bicyclic) bond motifs is 1. The number of aliphatic hydroxyl groups excluding tert-OH is 1. The van der Waals surface area contributed by atoms with Gasteiger partial charge < -0.3 is 24.1 Å². The summed E-state index contributed by atoms with van der Waals surface area (Å²) in [6.45, 7) is 5.80. The van der Waals surface area contributed by atoms with Crippen LogP contribution in [0, 0.1) is 0 Å². The van der Waals surface area contributed by atoms with Crippen LogP contribution in [-0.4, -0.2) is 41.6 Å². The van der Waals surface area contributed by atoms with Crippen LogP contribution in [0.2, 0.25) is 0 Å². The molecule has 5 nitrogen and oxygen atoms in total. The van der Waals surface area contributed by atoms with Crippen molar-refractivity contribution in [2.24, 2.45) is 0 Å². The highest BCUT2D eigenvalue weighted by molar-refractivity contribution is 5.47. The quantitative estimate of drug-likeness (QED) is 0.560. The first kappa shape index (κ1) is 22.3. The number of aliphatic hydroxyl groups is 1. The fourth-order valence-corrected chi connectivity index (χ4v) is 5.02. The third-order valence-electron chi connectivity index (χ3n) is 6.52. The number of ether oxygens (including phenoxy) is 4. The molecule has 0 bridgehead atoms. The minimum absolute atomic E-state index is 0.184. The van der Waals surface area contributed by atoms with Gasteiger partial charge in [0.2, 0.25) is 0 Å². The highest BCUT2D eigenvalue weighted by atomic mass is 16.8. The van der Waals surface area contributed by atoms with E-state index < -0.39 is 35.5 Å². The zero-order chi connectivity index (χ0) is 23.1. The Morgan fingerprint density at radius 1 is 0.727 bits per heavy atom. The van der Waals surface area contributed by atoms with Crippen LogP contribution in [-0.2, 0) is 24.5 Å². The molecule has 2 aliphatic heterocycles. The summed E-state index contributed by atoms with van der Waals surface area (Å²) in [5, 5.41) is 10.6. The molecule has 2 saturated heterocycles. The second-order valence-electron chi connectivity index (χ2n) is 9.41. The predicted molar refractivity (Wildman–Crippen MR) is 124 cm³/mol. The van der Waals surface area contributed by atoms with E-state index in [1.807, 2.05) is 75.4 Å². The van der Waals surface area contributed by atoms with E-state index in [0.717, 1.165) is 16.7 Å². The van der Waals surface area contributed by atoms with Crippen molar-refractivity contribution in [2.45, 2.75) is 56.3 Å². The molecule has 4 atom stereocenters. The predicted octanol–water partition coefficient (Wildman–Crippen LogP) is 4.62. The molecule has 172 valence electrons. The molecular formula is C28H30O5. The van der Waals surface area contributed by atoms with Gasteiger partial charge in [-0.25, -0.2) is 0 Å². The van der Waals surface area contributed by atoms with E-state index in [0.29, 0.717) is 0 Å². The van der Waals surface area contributed by atoms with Gasteiger partial charge in [-0.05, 0) is 37.5 Å². The molecule has 0 amide bonds. The maximum absolute atomic E-state index is 10.6. The van der Waals surface area contributed by atoms with E-state index in [4.69, 9.17) is 18.9 Å². The van der Waals surface area contributed by atoms with Gasteiger partial charge in [0.05, 0.1) is 6.61 Å². The van der Waals surface area contributed by atoms with Gasteiger partial charge in [-0.3, -0.25) is 0 Å². The average Bonchev–Trinajstić information content (AvgIpc) is 3.28.